The molecule has 0 unspecified atom stereocenters. The van der Waals surface area contributed by atoms with Crippen LogP contribution >= 0.6 is 0 Å². The van der Waals surface area contributed by atoms with E-state index in [0.717, 1.165) is 0 Å². The van der Waals surface area contributed by atoms with Gasteiger partial charge < -0.3 is 14.6 Å². The fraction of sp³-hybridized carbons (Fsp3) is 0.625. The summed E-state index contributed by atoms with van der Waals surface area (Å²) in [6.45, 7) is 1.16. The fourth-order valence-electron chi connectivity index (χ4n) is 4.19. The number of aliphatic hydroxyl groups is 1. The Bertz CT molecular complexity index is 665. The van der Waals surface area contributed by atoms with Crippen molar-refractivity contribution in [2.24, 2.45) is 5.92 Å². The van der Waals surface area contributed by atoms with Gasteiger partial charge in [-0.2, -0.15) is 0 Å². The molecule has 1 aromatic rings. The molecule has 3 atom stereocenters. The first-order valence-electron chi connectivity index (χ1n) is 7.76. The summed E-state index contributed by atoms with van der Waals surface area (Å²) >= 11 is 0. The van der Waals surface area contributed by atoms with Gasteiger partial charge in [-0.3, -0.25) is 0 Å². The fourth-order valence-corrected chi connectivity index (χ4v) is 6.39. The number of benzene rings is 1. The molecular weight excluding hydrogens is 304 g/mol. The van der Waals surface area contributed by atoms with Gasteiger partial charge in [0.05, 0.1) is 29.0 Å². The van der Waals surface area contributed by atoms with E-state index in [2.05, 4.69) is 0 Å². The van der Waals surface area contributed by atoms with Crippen molar-refractivity contribution in [3.63, 3.8) is 0 Å². The van der Waals surface area contributed by atoms with Crippen molar-refractivity contribution in [3.05, 3.63) is 30.3 Å². The van der Waals surface area contributed by atoms with Crippen LogP contribution in [0.25, 0.3) is 0 Å². The summed E-state index contributed by atoms with van der Waals surface area (Å²) in [5, 5.41) is 10.2. The molecule has 1 saturated heterocycles. The SMILES string of the molecule is O=S(=O)(c1ccccc1)[C@@H]1C[C@@H]2CC3(CC[C@@]21O)OCCO3. The number of fused-ring (bicyclic) bond motifs is 1. The molecule has 4 rings (SSSR count). The Hall–Kier alpha value is -0.950. The third-order valence-corrected chi connectivity index (χ3v) is 7.77. The first-order valence-corrected chi connectivity index (χ1v) is 9.30. The Morgan fingerprint density at radius 3 is 2.41 bits per heavy atom. The van der Waals surface area contributed by atoms with Gasteiger partial charge in [-0.1, -0.05) is 18.2 Å². The normalized spacial score (nSPS) is 36.8. The number of sulfone groups is 1. The molecule has 0 aromatic heterocycles. The zero-order chi connectivity index (χ0) is 15.4. The molecule has 1 heterocycles. The average Bonchev–Trinajstić information content (AvgIpc) is 2.97. The quantitative estimate of drug-likeness (QED) is 0.893. The number of hydrogen-bond acceptors (Lipinski definition) is 5. The molecule has 1 aliphatic heterocycles. The minimum absolute atomic E-state index is 0.0668. The molecule has 2 aliphatic carbocycles. The molecule has 5 nitrogen and oxygen atoms in total. The van der Waals surface area contributed by atoms with Gasteiger partial charge in [0.1, 0.15) is 0 Å². The molecule has 2 saturated carbocycles. The largest absolute Gasteiger partial charge is 0.388 e. The second-order valence-corrected chi connectivity index (χ2v) is 8.71. The lowest BCUT2D eigenvalue weighted by atomic mass is 9.60. The van der Waals surface area contributed by atoms with E-state index in [1.807, 2.05) is 0 Å². The lowest BCUT2D eigenvalue weighted by Crippen LogP contribution is -2.67. The maximum Gasteiger partial charge on any atom is 0.184 e. The standard InChI is InChI=1S/C16H20O5S/c17-16-7-6-15(20-8-9-21-15)11-12(16)10-14(16)22(18,19)13-4-2-1-3-5-13/h1-5,12,14,17H,6-11H2/t12-,14-,16-/m1/s1. The predicted molar refractivity (Wildman–Crippen MR) is 79.0 cm³/mol. The summed E-state index contributed by atoms with van der Waals surface area (Å²) in [7, 11) is -3.50. The molecule has 3 aliphatic rings. The third kappa shape index (κ3) is 1.98. The summed E-state index contributed by atoms with van der Waals surface area (Å²) < 4.78 is 36.9. The highest BCUT2D eigenvalue weighted by Gasteiger charge is 2.64. The van der Waals surface area contributed by atoms with Gasteiger partial charge in [0.15, 0.2) is 15.6 Å². The van der Waals surface area contributed by atoms with Crippen LogP contribution in [0.2, 0.25) is 0 Å². The van der Waals surface area contributed by atoms with Crippen molar-refractivity contribution >= 4 is 9.84 Å². The van der Waals surface area contributed by atoms with Crippen LogP contribution in [-0.2, 0) is 19.3 Å². The van der Waals surface area contributed by atoms with E-state index >= 15 is 0 Å². The lowest BCUT2D eigenvalue weighted by molar-refractivity contribution is -0.243. The molecule has 6 heteroatoms. The van der Waals surface area contributed by atoms with E-state index < -0.39 is 26.5 Å². The summed E-state index contributed by atoms with van der Waals surface area (Å²) in [6, 6.07) is 8.40. The predicted octanol–water partition coefficient (Wildman–Crippen LogP) is 1.51. The van der Waals surface area contributed by atoms with Gasteiger partial charge in [-0.25, -0.2) is 8.42 Å². The van der Waals surface area contributed by atoms with Crippen molar-refractivity contribution in [2.45, 2.75) is 47.2 Å². The number of ether oxygens (including phenoxy) is 2. The molecule has 120 valence electrons. The Morgan fingerprint density at radius 1 is 1.09 bits per heavy atom. The maximum absolute atomic E-state index is 12.8. The zero-order valence-corrected chi connectivity index (χ0v) is 13.1. The van der Waals surface area contributed by atoms with Gasteiger partial charge in [-0.15, -0.1) is 0 Å². The zero-order valence-electron chi connectivity index (χ0n) is 12.3. The van der Waals surface area contributed by atoms with E-state index in [4.69, 9.17) is 9.47 Å². The van der Waals surface area contributed by atoms with Crippen LogP contribution in [0, 0.1) is 5.92 Å². The Labute approximate surface area is 130 Å². The molecule has 22 heavy (non-hydrogen) atoms. The van der Waals surface area contributed by atoms with E-state index in [9.17, 15) is 13.5 Å². The summed E-state index contributed by atoms with van der Waals surface area (Å²) in [6.07, 6.45) is 2.03. The van der Waals surface area contributed by atoms with Crippen LogP contribution in [0.4, 0.5) is 0 Å². The van der Waals surface area contributed by atoms with Crippen LogP contribution in [0.5, 0.6) is 0 Å². The Balaban J connectivity index is 1.58. The van der Waals surface area contributed by atoms with Crippen molar-refractivity contribution in [2.75, 3.05) is 13.2 Å². The first kappa shape index (κ1) is 14.6. The number of rotatable bonds is 2. The lowest BCUT2D eigenvalue weighted by Gasteiger charge is -2.57. The Kier molecular flexibility index (Phi) is 3.17. The molecule has 1 aromatic carbocycles. The van der Waals surface area contributed by atoms with Crippen molar-refractivity contribution in [1.82, 2.24) is 0 Å². The first-order chi connectivity index (χ1) is 10.5. The van der Waals surface area contributed by atoms with Crippen molar-refractivity contribution in [1.29, 1.82) is 0 Å². The molecule has 1 spiro atoms. The van der Waals surface area contributed by atoms with E-state index in [1.165, 1.54) is 0 Å². The topological polar surface area (TPSA) is 72.8 Å². The van der Waals surface area contributed by atoms with Crippen LogP contribution in [0.1, 0.15) is 25.7 Å². The molecule has 0 bridgehead atoms. The van der Waals surface area contributed by atoms with Crippen LogP contribution in [0.3, 0.4) is 0 Å². The molecule has 3 fully saturated rings. The highest BCUT2D eigenvalue weighted by Crippen LogP contribution is 2.56. The van der Waals surface area contributed by atoms with Gasteiger partial charge in [0, 0.05) is 12.8 Å². The van der Waals surface area contributed by atoms with Gasteiger partial charge in [0.2, 0.25) is 0 Å². The second-order valence-electron chi connectivity index (χ2n) is 6.58. The summed E-state index contributed by atoms with van der Waals surface area (Å²) in [4.78, 5) is 0.292. The minimum atomic E-state index is -3.50. The van der Waals surface area contributed by atoms with Crippen LogP contribution in [-0.4, -0.2) is 43.4 Å². The molecule has 0 amide bonds. The smallest absolute Gasteiger partial charge is 0.184 e. The van der Waals surface area contributed by atoms with E-state index in [0.29, 0.717) is 43.8 Å². The van der Waals surface area contributed by atoms with E-state index in [-0.39, 0.29) is 5.92 Å². The monoisotopic (exact) mass is 324 g/mol. The molecule has 0 radical (unpaired) electrons. The second kappa shape index (κ2) is 4.77. The van der Waals surface area contributed by atoms with Crippen LogP contribution < -0.4 is 0 Å². The molecular formula is C16H20O5S. The number of hydrogen-bond donors (Lipinski definition) is 1. The highest BCUT2D eigenvalue weighted by molar-refractivity contribution is 7.92. The third-order valence-electron chi connectivity index (χ3n) is 5.49. The van der Waals surface area contributed by atoms with Crippen molar-refractivity contribution < 1.29 is 23.0 Å². The van der Waals surface area contributed by atoms with Gasteiger partial charge in [0.25, 0.3) is 0 Å². The molecule has 1 N–H and O–H groups in total. The Morgan fingerprint density at radius 2 is 1.77 bits per heavy atom. The van der Waals surface area contributed by atoms with E-state index in [1.54, 1.807) is 30.3 Å². The van der Waals surface area contributed by atoms with Gasteiger partial charge in [-0.05, 0) is 30.9 Å². The highest BCUT2D eigenvalue weighted by atomic mass is 32.2. The van der Waals surface area contributed by atoms with Gasteiger partial charge >= 0.3 is 0 Å². The minimum Gasteiger partial charge on any atom is -0.388 e. The average molecular weight is 324 g/mol. The summed E-state index contributed by atoms with van der Waals surface area (Å²) in [5.41, 5.74) is -1.14. The summed E-state index contributed by atoms with van der Waals surface area (Å²) in [5.74, 6) is -0.652. The van der Waals surface area contributed by atoms with Crippen molar-refractivity contribution in [3.8, 4) is 0 Å². The van der Waals surface area contributed by atoms with Crippen LogP contribution in [0.15, 0.2) is 35.2 Å². The maximum atomic E-state index is 12.8.